The van der Waals surface area contributed by atoms with Crippen molar-refractivity contribution in [3.63, 3.8) is 0 Å². The maximum atomic E-state index is 3.10. The summed E-state index contributed by atoms with van der Waals surface area (Å²) in [4.78, 5) is 0. The fourth-order valence-corrected chi connectivity index (χ4v) is 0.720. The molecule has 0 aliphatic heterocycles. The van der Waals surface area contributed by atoms with Crippen LogP contribution in [0.3, 0.4) is 0 Å². The van der Waals surface area contributed by atoms with E-state index in [9.17, 15) is 0 Å². The smallest absolute Gasteiger partial charge is 0.0206 e. The Morgan fingerprint density at radius 2 is 2.09 bits per heavy atom. The summed E-state index contributed by atoms with van der Waals surface area (Å²) in [5, 5.41) is 0. The van der Waals surface area contributed by atoms with Crippen LogP contribution in [0, 0.1) is 5.92 Å². The lowest BCUT2D eigenvalue weighted by Gasteiger charge is -1.96. The van der Waals surface area contributed by atoms with Crippen LogP contribution in [0.1, 0.15) is 33.6 Å². The van der Waals surface area contributed by atoms with E-state index in [1.54, 1.807) is 0 Å². The molecule has 0 heterocycles. The number of rotatable bonds is 4. The first-order chi connectivity index (χ1) is 5.27. The van der Waals surface area contributed by atoms with Crippen LogP contribution in [-0.4, -0.2) is 0 Å². The highest BCUT2D eigenvalue weighted by atomic mass is 13.9. The fraction of sp³-hybridized carbons (Fsp3) is 0.545. The lowest BCUT2D eigenvalue weighted by molar-refractivity contribution is 0.594. The molecule has 0 heteroatoms. The molecule has 0 aromatic rings. The molecule has 0 aromatic heterocycles. The Hall–Kier alpha value is -0.740. The van der Waals surface area contributed by atoms with Gasteiger partial charge in [0.15, 0.2) is 0 Å². The molecule has 0 atom stereocenters. The Kier molecular flexibility index (Phi) is 6.87. The lowest BCUT2D eigenvalue weighted by atomic mass is 10.1. The largest absolute Gasteiger partial charge is 0.125 e. The third-order valence-electron chi connectivity index (χ3n) is 1.39. The summed E-state index contributed by atoms with van der Waals surface area (Å²) in [6, 6.07) is 0. The Morgan fingerprint density at radius 1 is 1.36 bits per heavy atom. The van der Waals surface area contributed by atoms with E-state index in [0.29, 0.717) is 0 Å². The SMILES string of the molecule is CC=CC=C=CCCC(C)C. The Bertz CT molecular complexity index is 155. The number of allylic oxidation sites excluding steroid dienone is 3. The predicted molar refractivity (Wildman–Crippen MR) is 51.5 cm³/mol. The molecule has 0 saturated carbocycles. The zero-order valence-corrected chi connectivity index (χ0v) is 7.80. The van der Waals surface area contributed by atoms with Crippen molar-refractivity contribution < 1.29 is 0 Å². The second kappa shape index (κ2) is 7.37. The van der Waals surface area contributed by atoms with E-state index in [1.165, 1.54) is 6.42 Å². The van der Waals surface area contributed by atoms with Gasteiger partial charge in [0.25, 0.3) is 0 Å². The van der Waals surface area contributed by atoms with Gasteiger partial charge in [0.1, 0.15) is 0 Å². The van der Waals surface area contributed by atoms with Crippen LogP contribution >= 0.6 is 0 Å². The van der Waals surface area contributed by atoms with Crippen molar-refractivity contribution in [1.82, 2.24) is 0 Å². The van der Waals surface area contributed by atoms with E-state index >= 15 is 0 Å². The first-order valence-corrected chi connectivity index (χ1v) is 4.29. The second-order valence-electron chi connectivity index (χ2n) is 3.03. The second-order valence-corrected chi connectivity index (χ2v) is 3.03. The van der Waals surface area contributed by atoms with Gasteiger partial charge in [-0.2, -0.15) is 0 Å². The van der Waals surface area contributed by atoms with E-state index in [0.717, 1.165) is 12.3 Å². The molecule has 0 spiro atoms. The molecule has 62 valence electrons. The quantitative estimate of drug-likeness (QED) is 0.423. The molecule has 0 amide bonds. The molecule has 0 aliphatic carbocycles. The van der Waals surface area contributed by atoms with Gasteiger partial charge < -0.3 is 0 Å². The Morgan fingerprint density at radius 3 is 2.64 bits per heavy atom. The van der Waals surface area contributed by atoms with E-state index in [4.69, 9.17) is 0 Å². The summed E-state index contributed by atoms with van der Waals surface area (Å²) < 4.78 is 0. The van der Waals surface area contributed by atoms with Gasteiger partial charge in [-0.25, -0.2) is 0 Å². The molecule has 0 aliphatic rings. The summed E-state index contributed by atoms with van der Waals surface area (Å²) in [5.41, 5.74) is 3.10. The minimum Gasteiger partial charge on any atom is -0.125 e. The van der Waals surface area contributed by atoms with Crippen LogP contribution in [0.5, 0.6) is 0 Å². The van der Waals surface area contributed by atoms with Crippen LogP contribution in [0.4, 0.5) is 0 Å². The molecule has 0 N–H and O–H groups in total. The van der Waals surface area contributed by atoms with Crippen LogP contribution in [0.2, 0.25) is 0 Å². The van der Waals surface area contributed by atoms with Gasteiger partial charge in [0.05, 0.1) is 0 Å². The standard InChI is InChI=1S/C11H18/c1-4-5-6-7-8-9-10-11(2)3/h4-6,8,11H,9-10H2,1-3H3. The van der Waals surface area contributed by atoms with Crippen LogP contribution in [0.15, 0.2) is 30.0 Å². The molecule has 0 fully saturated rings. The highest BCUT2D eigenvalue weighted by Gasteiger charge is 1.87. The van der Waals surface area contributed by atoms with Gasteiger partial charge in [-0.15, -0.1) is 5.73 Å². The zero-order valence-electron chi connectivity index (χ0n) is 7.80. The first-order valence-electron chi connectivity index (χ1n) is 4.29. The Labute approximate surface area is 70.3 Å². The third kappa shape index (κ3) is 9.26. The van der Waals surface area contributed by atoms with Crippen LogP contribution in [0.25, 0.3) is 0 Å². The van der Waals surface area contributed by atoms with Crippen molar-refractivity contribution in [1.29, 1.82) is 0 Å². The molecule has 0 nitrogen and oxygen atoms in total. The van der Waals surface area contributed by atoms with E-state index in [1.807, 2.05) is 25.2 Å². The van der Waals surface area contributed by atoms with Crippen molar-refractivity contribution in [2.24, 2.45) is 5.92 Å². The summed E-state index contributed by atoms with van der Waals surface area (Å²) in [6.07, 6.45) is 10.4. The fourth-order valence-electron chi connectivity index (χ4n) is 0.720. The molecule has 0 saturated heterocycles. The van der Waals surface area contributed by atoms with Gasteiger partial charge in [-0.3, -0.25) is 0 Å². The maximum absolute atomic E-state index is 3.10. The highest BCUT2D eigenvalue weighted by Crippen LogP contribution is 2.02. The molecule has 0 aromatic carbocycles. The molecular formula is C11H18. The number of hydrogen-bond acceptors (Lipinski definition) is 0. The summed E-state index contributed by atoms with van der Waals surface area (Å²) in [7, 11) is 0. The van der Waals surface area contributed by atoms with Crippen molar-refractivity contribution in [3.05, 3.63) is 30.0 Å². The summed E-state index contributed by atoms with van der Waals surface area (Å²) in [6.45, 7) is 6.49. The number of hydrogen-bond donors (Lipinski definition) is 0. The van der Waals surface area contributed by atoms with E-state index in [2.05, 4.69) is 25.7 Å². The minimum absolute atomic E-state index is 0.801. The average Bonchev–Trinajstić information content (AvgIpc) is 1.96. The van der Waals surface area contributed by atoms with Crippen molar-refractivity contribution >= 4 is 0 Å². The molecule has 0 bridgehead atoms. The minimum atomic E-state index is 0.801. The van der Waals surface area contributed by atoms with Gasteiger partial charge >= 0.3 is 0 Å². The lowest BCUT2D eigenvalue weighted by Crippen LogP contribution is -1.82. The molecule has 0 radical (unpaired) electrons. The van der Waals surface area contributed by atoms with Crippen molar-refractivity contribution in [3.8, 4) is 0 Å². The maximum Gasteiger partial charge on any atom is -0.0206 e. The monoisotopic (exact) mass is 150 g/mol. The third-order valence-corrected chi connectivity index (χ3v) is 1.39. The summed E-state index contributed by atoms with van der Waals surface area (Å²) >= 11 is 0. The molecule has 11 heavy (non-hydrogen) atoms. The van der Waals surface area contributed by atoms with Crippen molar-refractivity contribution in [2.75, 3.05) is 0 Å². The normalized spacial score (nSPS) is 10.2. The van der Waals surface area contributed by atoms with Gasteiger partial charge in [0.2, 0.25) is 0 Å². The van der Waals surface area contributed by atoms with Crippen LogP contribution in [-0.2, 0) is 0 Å². The Balaban J connectivity index is 3.44. The van der Waals surface area contributed by atoms with Crippen molar-refractivity contribution in [2.45, 2.75) is 33.6 Å². The average molecular weight is 150 g/mol. The van der Waals surface area contributed by atoms with Gasteiger partial charge in [-0.1, -0.05) is 26.0 Å². The zero-order chi connectivity index (χ0) is 8.53. The van der Waals surface area contributed by atoms with Gasteiger partial charge in [0, 0.05) is 0 Å². The molecule has 0 rings (SSSR count). The van der Waals surface area contributed by atoms with E-state index in [-0.39, 0.29) is 0 Å². The van der Waals surface area contributed by atoms with Crippen LogP contribution < -0.4 is 0 Å². The predicted octanol–water partition coefficient (Wildman–Crippen LogP) is 3.71. The topological polar surface area (TPSA) is 0 Å². The first kappa shape index (κ1) is 10.3. The highest BCUT2D eigenvalue weighted by molar-refractivity contribution is 5.00. The summed E-state index contributed by atoms with van der Waals surface area (Å²) in [5.74, 6) is 0.801. The molecule has 0 unspecified atom stereocenters. The van der Waals surface area contributed by atoms with E-state index < -0.39 is 0 Å². The van der Waals surface area contributed by atoms with Gasteiger partial charge in [-0.05, 0) is 37.8 Å². The molecular weight excluding hydrogens is 132 g/mol.